The van der Waals surface area contributed by atoms with Crippen LogP contribution in [0.15, 0.2) is 44.4 Å². The molecule has 0 saturated heterocycles. The lowest BCUT2D eigenvalue weighted by atomic mass is 10.1. The largest absolute Gasteiger partial charge is 0.507 e. The lowest BCUT2D eigenvalue weighted by Crippen LogP contribution is -2.02. The Morgan fingerprint density at radius 2 is 2.26 bits per heavy atom. The van der Waals surface area contributed by atoms with Gasteiger partial charge in [0.05, 0.1) is 4.47 Å². The van der Waals surface area contributed by atoms with Crippen LogP contribution in [0.1, 0.15) is 21.7 Å². The normalized spacial score (nSPS) is 11.1. The topological polar surface area (TPSA) is 62.8 Å². The summed E-state index contributed by atoms with van der Waals surface area (Å²) in [7, 11) is 0. The van der Waals surface area contributed by atoms with Crippen LogP contribution < -0.4 is 0 Å². The van der Waals surface area contributed by atoms with Crippen LogP contribution >= 0.6 is 15.9 Å². The number of nitrogens with zero attached hydrogens (tertiary/aromatic N) is 1. The van der Waals surface area contributed by atoms with E-state index < -0.39 is 0 Å². The van der Waals surface area contributed by atoms with E-state index in [2.05, 4.69) is 20.9 Å². The van der Waals surface area contributed by atoms with Crippen LogP contribution in [0, 0.1) is 6.92 Å². The molecule has 0 fully saturated rings. The maximum atomic E-state index is 11.7. The first-order chi connectivity index (χ1) is 9.06. The second-order valence-electron chi connectivity index (χ2n) is 4.08. The Morgan fingerprint density at radius 1 is 1.47 bits per heavy atom. The van der Waals surface area contributed by atoms with Crippen LogP contribution in [0.3, 0.4) is 0 Å². The average molecular weight is 322 g/mol. The van der Waals surface area contributed by atoms with Crippen molar-refractivity contribution in [3.8, 4) is 5.75 Å². The third kappa shape index (κ3) is 3.54. The van der Waals surface area contributed by atoms with Gasteiger partial charge in [-0.2, -0.15) is 0 Å². The van der Waals surface area contributed by atoms with Crippen LogP contribution in [-0.4, -0.2) is 23.6 Å². The zero-order valence-corrected chi connectivity index (χ0v) is 11.8. The molecule has 1 heterocycles. The maximum Gasteiger partial charge on any atom is 0.219 e. The van der Waals surface area contributed by atoms with E-state index in [1.54, 1.807) is 18.2 Å². The molecular formula is C14H12BrNO3. The molecule has 0 amide bonds. The molecule has 98 valence electrons. The minimum absolute atomic E-state index is 0.0206. The van der Waals surface area contributed by atoms with E-state index in [-0.39, 0.29) is 23.8 Å². The Bertz CT molecular complexity index is 631. The van der Waals surface area contributed by atoms with Gasteiger partial charge in [0.25, 0.3) is 0 Å². The van der Waals surface area contributed by atoms with Crippen molar-refractivity contribution in [2.45, 2.75) is 6.92 Å². The van der Waals surface area contributed by atoms with E-state index in [9.17, 15) is 9.90 Å². The monoisotopic (exact) mass is 321 g/mol. The molecule has 0 aliphatic heterocycles. The fourth-order valence-electron chi connectivity index (χ4n) is 1.53. The van der Waals surface area contributed by atoms with Crippen molar-refractivity contribution in [2.75, 3.05) is 6.54 Å². The number of aromatic hydroxyl groups is 1. The first-order valence-corrected chi connectivity index (χ1v) is 6.42. The Balaban J connectivity index is 2.02. The average Bonchev–Trinajstić information content (AvgIpc) is 2.78. The van der Waals surface area contributed by atoms with Gasteiger partial charge >= 0.3 is 0 Å². The number of hydrogen-bond acceptors (Lipinski definition) is 4. The van der Waals surface area contributed by atoms with Gasteiger partial charge in [-0.15, -0.1) is 0 Å². The molecule has 1 aromatic carbocycles. The van der Waals surface area contributed by atoms with Crippen molar-refractivity contribution >= 4 is 27.9 Å². The molecule has 1 N–H and O–H groups in total. The molecule has 4 nitrogen and oxygen atoms in total. The molecule has 19 heavy (non-hydrogen) atoms. The van der Waals surface area contributed by atoms with E-state index >= 15 is 0 Å². The summed E-state index contributed by atoms with van der Waals surface area (Å²) in [5.41, 5.74) is 1.55. The maximum absolute atomic E-state index is 11.7. The number of aliphatic imine (C=N–C) groups is 1. The van der Waals surface area contributed by atoms with Gasteiger partial charge in [-0.1, -0.05) is 6.07 Å². The van der Waals surface area contributed by atoms with Crippen LogP contribution in [-0.2, 0) is 0 Å². The van der Waals surface area contributed by atoms with Gasteiger partial charge in [0.15, 0.2) is 5.76 Å². The lowest BCUT2D eigenvalue weighted by molar-refractivity contribution is 0.0976. The molecule has 5 heteroatoms. The number of carbonyl (C=O) groups is 1. The van der Waals surface area contributed by atoms with Gasteiger partial charge in [0.1, 0.15) is 18.6 Å². The minimum atomic E-state index is -0.214. The molecule has 0 spiro atoms. The number of carbonyl (C=O) groups excluding carboxylic acids is 1. The lowest BCUT2D eigenvalue weighted by Gasteiger charge is -1.99. The SMILES string of the molecule is Cc1ccc(C=NCC(=O)c2cc(Br)co2)c(O)c1. The van der Waals surface area contributed by atoms with Gasteiger partial charge < -0.3 is 9.52 Å². The second-order valence-corrected chi connectivity index (χ2v) is 5.00. The molecule has 1 aromatic heterocycles. The number of ketones is 1. The van der Waals surface area contributed by atoms with Crippen LogP contribution in [0.2, 0.25) is 0 Å². The second kappa shape index (κ2) is 5.84. The number of rotatable bonds is 4. The third-order valence-corrected chi connectivity index (χ3v) is 2.91. The van der Waals surface area contributed by atoms with Gasteiger partial charge in [0, 0.05) is 17.8 Å². The molecule has 0 bridgehead atoms. The molecule has 0 aliphatic rings. The fourth-order valence-corrected chi connectivity index (χ4v) is 1.83. The zero-order chi connectivity index (χ0) is 13.8. The number of furan rings is 1. The molecule has 0 unspecified atom stereocenters. The third-order valence-electron chi connectivity index (χ3n) is 2.49. The van der Waals surface area contributed by atoms with Crippen LogP contribution in [0.25, 0.3) is 0 Å². The number of phenols is 1. The fraction of sp³-hybridized carbons (Fsp3) is 0.143. The van der Waals surface area contributed by atoms with Crippen molar-refractivity contribution in [3.63, 3.8) is 0 Å². The smallest absolute Gasteiger partial charge is 0.219 e. The number of halogens is 1. The highest BCUT2D eigenvalue weighted by Crippen LogP contribution is 2.17. The Morgan fingerprint density at radius 3 is 2.89 bits per heavy atom. The van der Waals surface area contributed by atoms with E-state index in [4.69, 9.17) is 4.42 Å². The van der Waals surface area contributed by atoms with Crippen LogP contribution in [0.5, 0.6) is 5.75 Å². The summed E-state index contributed by atoms with van der Waals surface area (Å²) in [6, 6.07) is 6.86. The Kier molecular flexibility index (Phi) is 4.16. The van der Waals surface area contributed by atoms with Crippen molar-refractivity contribution in [2.24, 2.45) is 4.99 Å². The number of Topliss-reactive ketones (excluding diaryl/α,β-unsaturated/α-hetero) is 1. The summed E-state index contributed by atoms with van der Waals surface area (Å²) in [5, 5.41) is 9.68. The molecule has 2 aromatic rings. The number of hydrogen-bond donors (Lipinski definition) is 1. The first kappa shape index (κ1) is 13.5. The highest BCUT2D eigenvalue weighted by Gasteiger charge is 2.09. The Labute approximate surface area is 118 Å². The summed E-state index contributed by atoms with van der Waals surface area (Å²) >= 11 is 3.20. The Hall–Kier alpha value is -1.88. The number of aryl methyl sites for hydroxylation is 1. The van der Waals surface area contributed by atoms with Crippen molar-refractivity contribution in [1.29, 1.82) is 0 Å². The number of benzene rings is 1. The standard InChI is InChI=1S/C14H12BrNO3/c1-9-2-3-10(12(17)4-9)6-16-7-13(18)14-5-11(15)8-19-14/h2-6,8,17H,7H2,1H3. The van der Waals surface area contributed by atoms with Gasteiger partial charge in [-0.25, -0.2) is 0 Å². The van der Waals surface area contributed by atoms with E-state index in [1.165, 1.54) is 12.5 Å². The van der Waals surface area contributed by atoms with Crippen molar-refractivity contribution < 1.29 is 14.3 Å². The number of phenolic OH excluding ortho intramolecular Hbond substituents is 1. The first-order valence-electron chi connectivity index (χ1n) is 5.63. The molecule has 0 atom stereocenters. The summed E-state index contributed by atoms with van der Waals surface area (Å²) in [6.07, 6.45) is 2.92. The van der Waals surface area contributed by atoms with E-state index in [0.29, 0.717) is 5.56 Å². The summed E-state index contributed by atoms with van der Waals surface area (Å²) in [6.45, 7) is 1.87. The van der Waals surface area contributed by atoms with Crippen LogP contribution in [0.4, 0.5) is 0 Å². The molecule has 0 aliphatic carbocycles. The molecule has 0 saturated carbocycles. The van der Waals surface area contributed by atoms with Gasteiger partial charge in [-0.3, -0.25) is 9.79 Å². The quantitative estimate of drug-likeness (QED) is 0.693. The highest BCUT2D eigenvalue weighted by atomic mass is 79.9. The summed E-state index contributed by atoms with van der Waals surface area (Å²) in [4.78, 5) is 15.7. The summed E-state index contributed by atoms with van der Waals surface area (Å²) < 4.78 is 5.77. The predicted octanol–water partition coefficient (Wildman–Crippen LogP) is 3.36. The van der Waals surface area contributed by atoms with E-state index in [1.807, 2.05) is 13.0 Å². The van der Waals surface area contributed by atoms with Gasteiger partial charge in [-0.05, 0) is 40.5 Å². The highest BCUT2D eigenvalue weighted by molar-refractivity contribution is 9.10. The molecular weight excluding hydrogens is 310 g/mol. The molecule has 0 radical (unpaired) electrons. The van der Waals surface area contributed by atoms with E-state index in [0.717, 1.165) is 10.0 Å². The minimum Gasteiger partial charge on any atom is -0.507 e. The van der Waals surface area contributed by atoms with Crippen molar-refractivity contribution in [1.82, 2.24) is 0 Å². The molecule has 2 rings (SSSR count). The zero-order valence-electron chi connectivity index (χ0n) is 10.3. The summed E-state index contributed by atoms with van der Waals surface area (Å²) in [5.74, 6) is 0.197. The van der Waals surface area contributed by atoms with Gasteiger partial charge in [0.2, 0.25) is 5.78 Å². The van der Waals surface area contributed by atoms with Crippen molar-refractivity contribution in [3.05, 3.63) is 51.9 Å². The predicted molar refractivity (Wildman–Crippen MR) is 76.0 cm³/mol.